The van der Waals surface area contributed by atoms with Crippen molar-refractivity contribution in [1.29, 1.82) is 0 Å². The van der Waals surface area contributed by atoms with Crippen molar-refractivity contribution in [2.45, 2.75) is 6.92 Å². The number of benzene rings is 1. The zero-order valence-corrected chi connectivity index (χ0v) is 13.2. The fourth-order valence-electron chi connectivity index (χ4n) is 1.74. The molecule has 7 heteroatoms. The summed E-state index contributed by atoms with van der Waals surface area (Å²) in [5.41, 5.74) is 0.651. The van der Waals surface area contributed by atoms with Crippen LogP contribution in [0.5, 0.6) is 17.2 Å². The molecule has 0 aromatic heterocycles. The number of hydrogen-bond donors (Lipinski definition) is 1. The summed E-state index contributed by atoms with van der Waals surface area (Å²) in [5.74, 6) is 0.145. The maximum absolute atomic E-state index is 12.2. The third-order valence-electron chi connectivity index (χ3n) is 2.77. The molecule has 0 aliphatic carbocycles. The van der Waals surface area contributed by atoms with E-state index in [4.69, 9.17) is 14.2 Å². The lowest BCUT2D eigenvalue weighted by molar-refractivity contribution is -0.134. The number of amides is 1. The molecule has 1 rings (SSSR count). The Morgan fingerprint density at radius 1 is 1.00 bits per heavy atom. The lowest BCUT2D eigenvalue weighted by Crippen LogP contribution is -2.22. The van der Waals surface area contributed by atoms with Gasteiger partial charge in [-0.05, 0) is 19.1 Å². The minimum atomic E-state index is -0.553. The third kappa shape index (κ3) is 4.15. The summed E-state index contributed by atoms with van der Waals surface area (Å²) in [7, 11) is 5.65. The zero-order valence-electron chi connectivity index (χ0n) is 13.2. The van der Waals surface area contributed by atoms with Crippen LogP contribution in [0.4, 0.5) is 0 Å². The first-order valence-electron chi connectivity index (χ1n) is 6.34. The Bertz CT molecular complexity index is 569. The minimum Gasteiger partial charge on any atom is -0.493 e. The van der Waals surface area contributed by atoms with Crippen LogP contribution in [0.2, 0.25) is 0 Å². The Labute approximate surface area is 128 Å². The van der Waals surface area contributed by atoms with Gasteiger partial charge in [0.15, 0.2) is 11.5 Å². The summed E-state index contributed by atoms with van der Waals surface area (Å²) in [6.07, 6.45) is 1.18. The Hall–Kier alpha value is -2.70. The van der Waals surface area contributed by atoms with Gasteiger partial charge < -0.3 is 24.3 Å². The SMILES string of the molecule is COC(=O)/C=C(\C)NC(=O)c1cc(OC)c(OC)c(OC)c1. The highest BCUT2D eigenvalue weighted by Gasteiger charge is 2.17. The second-order valence-electron chi connectivity index (χ2n) is 4.22. The van der Waals surface area contributed by atoms with E-state index in [1.54, 1.807) is 6.92 Å². The average molecular weight is 309 g/mol. The molecule has 0 spiro atoms. The quantitative estimate of drug-likeness (QED) is 0.633. The predicted octanol–water partition coefficient (Wildman–Crippen LogP) is 1.52. The Balaban J connectivity index is 3.08. The van der Waals surface area contributed by atoms with Gasteiger partial charge in [-0.3, -0.25) is 4.79 Å². The van der Waals surface area contributed by atoms with Gasteiger partial charge in [-0.2, -0.15) is 0 Å². The number of hydrogen-bond acceptors (Lipinski definition) is 6. The first kappa shape index (κ1) is 17.4. The molecule has 0 bridgehead atoms. The highest BCUT2D eigenvalue weighted by molar-refractivity contribution is 5.97. The van der Waals surface area contributed by atoms with E-state index in [0.29, 0.717) is 28.5 Å². The van der Waals surface area contributed by atoms with Crippen LogP contribution in [0.15, 0.2) is 23.9 Å². The number of methoxy groups -OCH3 is 4. The van der Waals surface area contributed by atoms with E-state index in [2.05, 4.69) is 10.1 Å². The molecule has 1 aromatic rings. The van der Waals surface area contributed by atoms with E-state index >= 15 is 0 Å². The van der Waals surface area contributed by atoms with Gasteiger partial charge in [0.2, 0.25) is 5.75 Å². The molecule has 0 radical (unpaired) electrons. The Morgan fingerprint density at radius 2 is 1.55 bits per heavy atom. The molecular formula is C15H19NO6. The highest BCUT2D eigenvalue weighted by atomic mass is 16.5. The van der Waals surface area contributed by atoms with Crippen molar-refractivity contribution in [3.05, 3.63) is 29.5 Å². The van der Waals surface area contributed by atoms with Crippen LogP contribution in [-0.4, -0.2) is 40.3 Å². The Kier molecular flexibility index (Phi) is 6.25. The molecule has 1 aromatic carbocycles. The van der Waals surface area contributed by atoms with Crippen LogP contribution in [0.3, 0.4) is 0 Å². The number of rotatable bonds is 6. The van der Waals surface area contributed by atoms with E-state index in [1.165, 1.54) is 46.6 Å². The third-order valence-corrected chi connectivity index (χ3v) is 2.77. The number of esters is 1. The van der Waals surface area contributed by atoms with E-state index in [-0.39, 0.29) is 0 Å². The smallest absolute Gasteiger partial charge is 0.332 e. The van der Waals surface area contributed by atoms with Gasteiger partial charge in [0, 0.05) is 17.3 Å². The first-order valence-corrected chi connectivity index (χ1v) is 6.34. The molecule has 0 fully saturated rings. The van der Waals surface area contributed by atoms with Gasteiger partial charge in [-0.25, -0.2) is 4.79 Å². The topological polar surface area (TPSA) is 83.1 Å². The van der Waals surface area contributed by atoms with Crippen LogP contribution in [0.25, 0.3) is 0 Å². The van der Waals surface area contributed by atoms with Gasteiger partial charge in [-0.1, -0.05) is 0 Å². The van der Waals surface area contributed by atoms with Crippen LogP contribution in [0.1, 0.15) is 17.3 Å². The summed E-state index contributed by atoms with van der Waals surface area (Å²) < 4.78 is 20.0. The number of nitrogens with one attached hydrogen (secondary N) is 1. The monoisotopic (exact) mass is 309 g/mol. The summed E-state index contributed by atoms with van der Waals surface area (Å²) in [6, 6.07) is 3.03. The van der Waals surface area contributed by atoms with E-state index in [1.807, 2.05) is 0 Å². The lowest BCUT2D eigenvalue weighted by atomic mass is 10.1. The molecule has 0 saturated carbocycles. The normalized spacial score (nSPS) is 10.7. The van der Waals surface area contributed by atoms with Gasteiger partial charge in [-0.15, -0.1) is 0 Å². The first-order chi connectivity index (χ1) is 10.5. The van der Waals surface area contributed by atoms with Crippen LogP contribution in [0, 0.1) is 0 Å². The maximum Gasteiger partial charge on any atom is 0.332 e. The molecule has 0 atom stereocenters. The molecule has 0 aliphatic rings. The average Bonchev–Trinajstić information content (AvgIpc) is 2.52. The number of allylic oxidation sites excluding steroid dienone is 1. The van der Waals surface area contributed by atoms with Gasteiger partial charge in [0.05, 0.1) is 28.4 Å². The fraction of sp³-hybridized carbons (Fsp3) is 0.333. The molecule has 0 aliphatic heterocycles. The molecule has 120 valence electrons. The van der Waals surface area contributed by atoms with Crippen molar-refractivity contribution < 1.29 is 28.5 Å². The Morgan fingerprint density at radius 3 is 1.95 bits per heavy atom. The van der Waals surface area contributed by atoms with Crippen molar-refractivity contribution in [3.63, 3.8) is 0 Å². The van der Waals surface area contributed by atoms with Crippen molar-refractivity contribution in [1.82, 2.24) is 5.32 Å². The molecule has 0 saturated heterocycles. The molecule has 0 heterocycles. The molecule has 22 heavy (non-hydrogen) atoms. The van der Waals surface area contributed by atoms with Crippen LogP contribution < -0.4 is 19.5 Å². The summed E-state index contributed by atoms with van der Waals surface area (Å²) in [4.78, 5) is 23.3. The number of ether oxygens (including phenoxy) is 4. The fourth-order valence-corrected chi connectivity index (χ4v) is 1.74. The van der Waals surface area contributed by atoms with Crippen LogP contribution in [-0.2, 0) is 9.53 Å². The number of carbonyl (C=O) groups is 2. The van der Waals surface area contributed by atoms with Gasteiger partial charge in [0.1, 0.15) is 0 Å². The lowest BCUT2D eigenvalue weighted by Gasteiger charge is -2.14. The molecule has 0 unspecified atom stereocenters. The molecular weight excluding hydrogens is 290 g/mol. The highest BCUT2D eigenvalue weighted by Crippen LogP contribution is 2.38. The van der Waals surface area contributed by atoms with Crippen molar-refractivity contribution in [3.8, 4) is 17.2 Å². The minimum absolute atomic E-state index is 0.298. The summed E-state index contributed by atoms with van der Waals surface area (Å²) in [5, 5.41) is 2.57. The second-order valence-corrected chi connectivity index (χ2v) is 4.22. The molecule has 1 amide bonds. The standard InChI is InChI=1S/C15H19NO6/c1-9(6-13(17)21-4)16-15(18)10-7-11(19-2)14(22-5)12(8-10)20-3/h6-8H,1-5H3,(H,16,18)/b9-6+. The van der Waals surface area contributed by atoms with Gasteiger partial charge in [0.25, 0.3) is 5.91 Å². The largest absolute Gasteiger partial charge is 0.493 e. The molecule has 1 N–H and O–H groups in total. The van der Waals surface area contributed by atoms with Crippen LogP contribution >= 0.6 is 0 Å². The van der Waals surface area contributed by atoms with E-state index < -0.39 is 11.9 Å². The second kappa shape index (κ2) is 7.92. The summed E-state index contributed by atoms with van der Waals surface area (Å²) >= 11 is 0. The van der Waals surface area contributed by atoms with Gasteiger partial charge >= 0.3 is 5.97 Å². The van der Waals surface area contributed by atoms with Crippen molar-refractivity contribution in [2.24, 2.45) is 0 Å². The maximum atomic E-state index is 12.2. The number of carbonyl (C=O) groups excluding carboxylic acids is 2. The predicted molar refractivity (Wildman–Crippen MR) is 79.3 cm³/mol. The zero-order chi connectivity index (χ0) is 16.7. The van der Waals surface area contributed by atoms with Crippen molar-refractivity contribution in [2.75, 3.05) is 28.4 Å². The summed E-state index contributed by atoms with van der Waals surface area (Å²) in [6.45, 7) is 1.58. The van der Waals surface area contributed by atoms with Crippen molar-refractivity contribution >= 4 is 11.9 Å². The van der Waals surface area contributed by atoms with E-state index in [9.17, 15) is 9.59 Å². The molecule has 7 nitrogen and oxygen atoms in total. The van der Waals surface area contributed by atoms with E-state index in [0.717, 1.165) is 0 Å².